The van der Waals surface area contributed by atoms with Gasteiger partial charge in [-0.1, -0.05) is 53.7 Å². The number of rotatable bonds is 4. The van der Waals surface area contributed by atoms with Gasteiger partial charge in [-0.25, -0.2) is 0 Å². The van der Waals surface area contributed by atoms with E-state index in [0.29, 0.717) is 5.75 Å². The third kappa shape index (κ3) is 6.94. The number of hydrogen-bond donors (Lipinski definition) is 0. The molecule has 0 N–H and O–H groups in total. The molecule has 0 radical (unpaired) electrons. The van der Waals surface area contributed by atoms with Crippen LogP contribution in [0.15, 0.2) is 30.3 Å². The Bertz CT molecular complexity index is 554. The Morgan fingerprint density at radius 3 is 1.96 bits per heavy atom. The fourth-order valence-corrected chi connectivity index (χ4v) is 1.97. The van der Waals surface area contributed by atoms with Crippen LogP contribution in [0.2, 0.25) is 0 Å². The van der Waals surface area contributed by atoms with Gasteiger partial charge >= 0.3 is 58.4 Å². The van der Waals surface area contributed by atoms with Crippen LogP contribution < -0.4 is 56.1 Å². The Labute approximate surface area is 180 Å². The first-order valence-corrected chi connectivity index (χ1v) is 7.38. The van der Waals surface area contributed by atoms with Crippen LogP contribution in [0, 0.1) is 0 Å². The number of hydrogen-bond acceptors (Lipinski definition) is 1. The predicted octanol–water partition coefficient (Wildman–Crippen LogP) is 2.61. The zero-order chi connectivity index (χ0) is 17.3. The summed E-state index contributed by atoms with van der Waals surface area (Å²) in [6, 6.07) is 5.70. The van der Waals surface area contributed by atoms with Gasteiger partial charge in [0.05, 0.1) is 6.61 Å². The van der Waals surface area contributed by atoms with Crippen molar-refractivity contribution in [3.63, 3.8) is 0 Å². The molecule has 0 amide bonds. The Kier molecular flexibility index (Phi) is 8.18. The molecule has 0 spiro atoms. The Morgan fingerprint density at radius 1 is 1.04 bits per heavy atom. The van der Waals surface area contributed by atoms with Crippen LogP contribution in [0.4, 0.5) is 12.9 Å². The van der Waals surface area contributed by atoms with Crippen molar-refractivity contribution in [1.82, 2.24) is 0 Å². The molecule has 124 valence electrons. The minimum atomic E-state index is -5.06. The fourth-order valence-electron chi connectivity index (χ4n) is 1.97. The van der Waals surface area contributed by atoms with E-state index in [1.54, 1.807) is 6.07 Å². The van der Waals surface area contributed by atoms with E-state index in [1.807, 2.05) is 32.9 Å². The molecule has 0 fully saturated rings. The summed E-state index contributed by atoms with van der Waals surface area (Å²) >= 11 is 0. The maximum Gasteiger partial charge on any atom is 1.00 e. The minimum Gasteiger partial charge on any atom is -0.492 e. The molecule has 0 unspecified atom stereocenters. The van der Waals surface area contributed by atoms with Gasteiger partial charge < -0.3 is 17.7 Å². The summed E-state index contributed by atoms with van der Waals surface area (Å²) in [5.74, 6) is 0.488. The monoisotopic (exact) mass is 352 g/mol. The third-order valence-corrected chi connectivity index (χ3v) is 3.53. The molecule has 0 aliphatic rings. The van der Waals surface area contributed by atoms with Crippen molar-refractivity contribution in [2.24, 2.45) is 0 Å². The molecule has 1 rings (SSSR count). The SMILES string of the molecule is C=C(COc1ccc(C(C)(C)C)cc1C(C)(C)C)[B-](F)(F)F.[K+]. The molecule has 0 aromatic heterocycles. The summed E-state index contributed by atoms with van der Waals surface area (Å²) in [4.78, 5) is 0. The second-order valence-corrected chi connectivity index (χ2v) is 7.73. The van der Waals surface area contributed by atoms with Crippen LogP contribution in [0.3, 0.4) is 0 Å². The van der Waals surface area contributed by atoms with Crippen molar-refractivity contribution in [2.45, 2.75) is 52.4 Å². The molecule has 23 heavy (non-hydrogen) atoms. The van der Waals surface area contributed by atoms with Gasteiger partial charge in [0.15, 0.2) is 0 Å². The number of halogens is 3. The summed E-state index contributed by atoms with van der Waals surface area (Å²) in [5.41, 5.74) is 0.962. The zero-order valence-electron chi connectivity index (χ0n) is 15.3. The first kappa shape index (κ1) is 23.3. The van der Waals surface area contributed by atoms with E-state index in [4.69, 9.17) is 4.74 Å². The standard InChI is InChI=1S/C17H25BF3O.K/c1-12(18(19,20)21)11-22-15-9-8-13(16(2,3)4)10-14(15)17(5,6)7;/h8-10H,1,11H2,2-7H3;/q-1;+1. The number of ether oxygens (including phenoxy) is 1. The van der Waals surface area contributed by atoms with E-state index in [-0.39, 0.29) is 62.2 Å². The Balaban J connectivity index is 0.00000484. The van der Waals surface area contributed by atoms with E-state index >= 15 is 0 Å². The Morgan fingerprint density at radius 2 is 1.57 bits per heavy atom. The molecule has 0 saturated carbocycles. The van der Waals surface area contributed by atoms with E-state index in [1.165, 1.54) is 0 Å². The largest absolute Gasteiger partial charge is 1.00 e. The van der Waals surface area contributed by atoms with E-state index in [0.717, 1.165) is 11.1 Å². The van der Waals surface area contributed by atoms with E-state index < -0.39 is 19.1 Å². The molecule has 0 saturated heterocycles. The Hall–Kier alpha value is 0.251. The maximum atomic E-state index is 12.6. The van der Waals surface area contributed by atoms with Gasteiger partial charge in [-0.15, -0.1) is 12.1 Å². The predicted molar refractivity (Wildman–Crippen MR) is 87.6 cm³/mol. The van der Waals surface area contributed by atoms with Crippen molar-refractivity contribution in [1.29, 1.82) is 0 Å². The first-order chi connectivity index (χ1) is 9.73. The second-order valence-electron chi connectivity index (χ2n) is 7.73. The van der Waals surface area contributed by atoms with Crippen molar-refractivity contribution in [3.8, 4) is 5.75 Å². The van der Waals surface area contributed by atoms with Crippen LogP contribution in [0.1, 0.15) is 52.7 Å². The van der Waals surface area contributed by atoms with Crippen LogP contribution in [-0.2, 0) is 10.8 Å². The average molecular weight is 352 g/mol. The van der Waals surface area contributed by atoms with Crippen molar-refractivity contribution >= 4 is 6.98 Å². The summed E-state index contributed by atoms with van der Waals surface area (Å²) in [6.07, 6.45) is 0. The molecular weight excluding hydrogens is 327 g/mol. The molecule has 1 nitrogen and oxygen atoms in total. The zero-order valence-corrected chi connectivity index (χ0v) is 18.4. The molecule has 0 aliphatic heterocycles. The molecular formula is C17H25BF3KO. The summed E-state index contributed by atoms with van der Waals surface area (Å²) in [5, 5.41) is 0. The molecule has 1 aromatic rings. The summed E-state index contributed by atoms with van der Waals surface area (Å²) in [7, 11) is 0. The molecule has 0 bridgehead atoms. The molecule has 0 heterocycles. The van der Waals surface area contributed by atoms with Gasteiger partial charge in [-0.05, 0) is 28.0 Å². The van der Waals surface area contributed by atoms with Gasteiger partial charge in [0, 0.05) is 0 Å². The van der Waals surface area contributed by atoms with Crippen LogP contribution in [-0.4, -0.2) is 13.6 Å². The van der Waals surface area contributed by atoms with Gasteiger partial charge in [-0.3, -0.25) is 0 Å². The molecule has 1 aromatic carbocycles. The van der Waals surface area contributed by atoms with Gasteiger partial charge in [0.1, 0.15) is 5.75 Å². The van der Waals surface area contributed by atoms with E-state index in [9.17, 15) is 12.9 Å². The fraction of sp³-hybridized carbons (Fsp3) is 0.529. The third-order valence-electron chi connectivity index (χ3n) is 3.53. The van der Waals surface area contributed by atoms with E-state index in [2.05, 4.69) is 27.4 Å². The van der Waals surface area contributed by atoms with Crippen LogP contribution in [0.25, 0.3) is 0 Å². The van der Waals surface area contributed by atoms with Crippen LogP contribution >= 0.6 is 0 Å². The number of benzene rings is 1. The molecule has 6 heteroatoms. The normalized spacial score (nSPS) is 12.6. The van der Waals surface area contributed by atoms with Gasteiger partial charge in [-0.2, -0.15) is 0 Å². The van der Waals surface area contributed by atoms with Crippen molar-refractivity contribution in [3.05, 3.63) is 41.4 Å². The average Bonchev–Trinajstić information content (AvgIpc) is 2.32. The minimum absolute atomic E-state index is 0. The summed E-state index contributed by atoms with van der Waals surface area (Å²) < 4.78 is 43.2. The van der Waals surface area contributed by atoms with Crippen LogP contribution in [0.5, 0.6) is 5.75 Å². The molecule has 0 atom stereocenters. The van der Waals surface area contributed by atoms with Crippen molar-refractivity contribution < 1.29 is 69.1 Å². The van der Waals surface area contributed by atoms with Crippen molar-refractivity contribution in [2.75, 3.05) is 6.61 Å². The first-order valence-electron chi connectivity index (χ1n) is 7.38. The smallest absolute Gasteiger partial charge is 0.492 e. The second kappa shape index (κ2) is 8.09. The van der Waals surface area contributed by atoms with Gasteiger partial charge in [0.2, 0.25) is 0 Å². The topological polar surface area (TPSA) is 9.23 Å². The summed E-state index contributed by atoms with van der Waals surface area (Å²) in [6.45, 7) is 9.84. The quantitative estimate of drug-likeness (QED) is 0.757. The van der Waals surface area contributed by atoms with Gasteiger partial charge in [0.25, 0.3) is 0 Å². The molecule has 0 aliphatic carbocycles. The maximum absolute atomic E-state index is 12.6.